The summed E-state index contributed by atoms with van der Waals surface area (Å²) in [6, 6.07) is 0. The van der Waals surface area contributed by atoms with Gasteiger partial charge in [0.15, 0.2) is 0 Å². The second kappa shape index (κ2) is 6.23. The summed E-state index contributed by atoms with van der Waals surface area (Å²) in [5.74, 6) is 0. The van der Waals surface area contributed by atoms with Gasteiger partial charge >= 0.3 is 12.2 Å². The van der Waals surface area contributed by atoms with E-state index in [1.807, 2.05) is 0 Å². The number of carboxylic acid groups (broad SMARTS) is 2. The number of hydrogen-bond donors (Lipinski definition) is 2. The molecule has 7 heteroatoms. The van der Waals surface area contributed by atoms with Crippen molar-refractivity contribution in [3.05, 3.63) is 0 Å². The molecule has 0 heterocycles. The van der Waals surface area contributed by atoms with Crippen LogP contribution in [0.15, 0.2) is 10.2 Å². The molecular weight excluding hydrogens is 253 g/mol. The SMILES string of the molecule is O=C(O)N=NC(=O)O.[Ba]. The molecule has 0 aliphatic rings. The predicted octanol–water partition coefficient (Wildman–Crippen LogP) is 0.414. The fourth-order valence-electron chi connectivity index (χ4n) is 0.0855. The van der Waals surface area contributed by atoms with E-state index in [2.05, 4.69) is 10.2 Å². The first-order valence-corrected chi connectivity index (χ1v) is 1.50. The third-order valence-corrected chi connectivity index (χ3v) is 0.221. The van der Waals surface area contributed by atoms with Gasteiger partial charge in [0.25, 0.3) is 0 Å². The zero-order valence-electron chi connectivity index (χ0n) is 4.31. The van der Waals surface area contributed by atoms with Gasteiger partial charge in [-0.1, -0.05) is 10.2 Å². The van der Waals surface area contributed by atoms with Gasteiger partial charge in [-0.05, 0) is 0 Å². The van der Waals surface area contributed by atoms with Crippen molar-refractivity contribution in [2.24, 2.45) is 10.2 Å². The Balaban J connectivity index is 0. The molecule has 0 aromatic carbocycles. The molecular formula is C2H2BaN2O4. The molecule has 2 N–H and O–H groups in total. The maximum absolute atomic E-state index is 9.38. The number of amides is 2. The Labute approximate surface area is 90.0 Å². The molecule has 0 bridgehead atoms. The van der Waals surface area contributed by atoms with Crippen LogP contribution in [0.25, 0.3) is 0 Å². The molecule has 0 aromatic heterocycles. The van der Waals surface area contributed by atoms with Crippen LogP contribution < -0.4 is 0 Å². The fourth-order valence-corrected chi connectivity index (χ4v) is 0.0855. The standard InChI is InChI=1S/C2H2N2O4.Ba/c5-1(6)3-4-2(7)8;/h(H,5,6)(H,7,8);. The van der Waals surface area contributed by atoms with Gasteiger partial charge in [-0.25, -0.2) is 9.59 Å². The third kappa shape index (κ3) is 11.6. The van der Waals surface area contributed by atoms with E-state index in [4.69, 9.17) is 10.2 Å². The van der Waals surface area contributed by atoms with Crippen LogP contribution in [0.2, 0.25) is 0 Å². The smallest absolute Gasteiger partial charge is 0.450 e. The van der Waals surface area contributed by atoms with Crippen molar-refractivity contribution in [2.75, 3.05) is 0 Å². The van der Waals surface area contributed by atoms with E-state index in [1.54, 1.807) is 0 Å². The molecule has 9 heavy (non-hydrogen) atoms. The Kier molecular flexibility index (Phi) is 8.21. The number of carbonyl (C=O) groups is 2. The zero-order valence-corrected chi connectivity index (χ0v) is 8.75. The average Bonchev–Trinajstić information content (AvgIpc) is 1.61. The average molecular weight is 255 g/mol. The van der Waals surface area contributed by atoms with E-state index in [9.17, 15) is 9.59 Å². The summed E-state index contributed by atoms with van der Waals surface area (Å²) < 4.78 is 0. The van der Waals surface area contributed by atoms with E-state index in [1.165, 1.54) is 0 Å². The van der Waals surface area contributed by atoms with Gasteiger partial charge in [0.1, 0.15) is 0 Å². The quantitative estimate of drug-likeness (QED) is 0.484. The molecule has 0 atom stereocenters. The van der Waals surface area contributed by atoms with E-state index in [0.29, 0.717) is 0 Å². The molecule has 0 aliphatic carbocycles. The van der Waals surface area contributed by atoms with Crippen LogP contribution in [0.5, 0.6) is 0 Å². The normalized spacial score (nSPS) is 8.44. The van der Waals surface area contributed by atoms with E-state index in [-0.39, 0.29) is 48.9 Å². The minimum atomic E-state index is -1.62. The molecule has 0 rings (SSSR count). The molecule has 0 aliphatic heterocycles. The van der Waals surface area contributed by atoms with Gasteiger partial charge in [0, 0.05) is 48.9 Å². The Morgan fingerprint density at radius 1 is 1.00 bits per heavy atom. The van der Waals surface area contributed by atoms with Crippen molar-refractivity contribution >= 4 is 61.1 Å². The van der Waals surface area contributed by atoms with Gasteiger partial charge in [-0.3, -0.25) is 0 Å². The first-order chi connectivity index (χ1) is 3.63. The third-order valence-electron chi connectivity index (χ3n) is 0.221. The minimum Gasteiger partial charge on any atom is -0.462 e. The van der Waals surface area contributed by atoms with Crippen molar-refractivity contribution in [1.82, 2.24) is 0 Å². The first kappa shape index (κ1) is 11.9. The predicted molar refractivity (Wildman–Crippen MR) is 26.7 cm³/mol. The van der Waals surface area contributed by atoms with Crippen LogP contribution in [0.1, 0.15) is 0 Å². The molecule has 0 spiro atoms. The van der Waals surface area contributed by atoms with Gasteiger partial charge in [-0.15, -0.1) is 0 Å². The maximum Gasteiger partial charge on any atom is 0.450 e. The Morgan fingerprint density at radius 2 is 1.22 bits per heavy atom. The largest absolute Gasteiger partial charge is 0.462 e. The van der Waals surface area contributed by atoms with E-state index in [0.717, 1.165) is 0 Å². The van der Waals surface area contributed by atoms with Crippen LogP contribution in [-0.2, 0) is 0 Å². The second-order valence-corrected chi connectivity index (χ2v) is 0.765. The van der Waals surface area contributed by atoms with Crippen LogP contribution >= 0.6 is 0 Å². The fraction of sp³-hybridized carbons (Fsp3) is 0. The van der Waals surface area contributed by atoms with Crippen LogP contribution in [0.4, 0.5) is 9.59 Å². The maximum atomic E-state index is 9.38. The van der Waals surface area contributed by atoms with Gasteiger partial charge < -0.3 is 10.2 Å². The monoisotopic (exact) mass is 256 g/mol. The number of nitrogens with zero attached hydrogens (tertiary/aromatic N) is 2. The molecule has 6 nitrogen and oxygen atoms in total. The Morgan fingerprint density at radius 3 is 1.33 bits per heavy atom. The van der Waals surface area contributed by atoms with Crippen LogP contribution in [0.3, 0.4) is 0 Å². The van der Waals surface area contributed by atoms with Crippen molar-refractivity contribution in [3.8, 4) is 0 Å². The number of azo groups is 1. The molecule has 0 saturated heterocycles. The summed E-state index contributed by atoms with van der Waals surface area (Å²) in [6.07, 6.45) is -3.24. The molecule has 0 aromatic rings. The van der Waals surface area contributed by atoms with Gasteiger partial charge in [-0.2, -0.15) is 0 Å². The Bertz CT molecular complexity index is 128. The van der Waals surface area contributed by atoms with Crippen molar-refractivity contribution in [1.29, 1.82) is 0 Å². The van der Waals surface area contributed by atoms with Crippen LogP contribution in [0, 0.1) is 0 Å². The first-order valence-electron chi connectivity index (χ1n) is 1.50. The summed E-state index contributed by atoms with van der Waals surface area (Å²) in [4.78, 5) is 18.8. The Hall–Kier alpha value is 0.111. The van der Waals surface area contributed by atoms with Gasteiger partial charge in [0.05, 0.1) is 0 Å². The zero-order chi connectivity index (χ0) is 6.57. The molecule has 0 fully saturated rings. The van der Waals surface area contributed by atoms with Crippen molar-refractivity contribution < 1.29 is 19.8 Å². The van der Waals surface area contributed by atoms with E-state index < -0.39 is 12.2 Å². The molecule has 46 valence electrons. The summed E-state index contributed by atoms with van der Waals surface area (Å²) >= 11 is 0. The van der Waals surface area contributed by atoms with Crippen LogP contribution in [-0.4, -0.2) is 71.3 Å². The molecule has 0 saturated carbocycles. The summed E-state index contributed by atoms with van der Waals surface area (Å²) in [7, 11) is 0. The summed E-state index contributed by atoms with van der Waals surface area (Å²) in [6.45, 7) is 0. The number of hydrogen-bond acceptors (Lipinski definition) is 2. The molecule has 2 amide bonds. The second-order valence-electron chi connectivity index (χ2n) is 0.765. The summed E-state index contributed by atoms with van der Waals surface area (Å²) in [5.41, 5.74) is 0. The van der Waals surface area contributed by atoms with E-state index >= 15 is 0 Å². The van der Waals surface area contributed by atoms with Crippen molar-refractivity contribution in [3.63, 3.8) is 0 Å². The summed E-state index contributed by atoms with van der Waals surface area (Å²) in [5, 5.41) is 19.8. The topological polar surface area (TPSA) is 99.3 Å². The van der Waals surface area contributed by atoms with Crippen molar-refractivity contribution in [2.45, 2.75) is 0 Å². The minimum absolute atomic E-state index is 0. The molecule has 2 radical (unpaired) electrons. The molecule has 0 unspecified atom stereocenters. The van der Waals surface area contributed by atoms with Gasteiger partial charge in [0.2, 0.25) is 0 Å². The number of rotatable bonds is 0.